The molecule has 1 heterocycles. The Morgan fingerprint density at radius 1 is 1.03 bits per heavy atom. The van der Waals surface area contributed by atoms with Gasteiger partial charge in [0, 0.05) is 17.5 Å². The van der Waals surface area contributed by atoms with Gasteiger partial charge in [-0.25, -0.2) is 9.59 Å². The molecule has 37 heavy (non-hydrogen) atoms. The number of phenols is 2. The third-order valence-corrected chi connectivity index (χ3v) is 5.73. The third kappa shape index (κ3) is 6.49. The first-order valence-electron chi connectivity index (χ1n) is 11.6. The van der Waals surface area contributed by atoms with E-state index in [0.717, 1.165) is 0 Å². The van der Waals surface area contributed by atoms with Crippen molar-refractivity contribution < 1.29 is 39.2 Å². The highest BCUT2D eigenvalue weighted by Crippen LogP contribution is 2.39. The average Bonchev–Trinajstić information content (AvgIpc) is 2.77. The Balaban J connectivity index is 2.20. The largest absolute Gasteiger partial charge is 0.507 e. The highest BCUT2D eigenvalue weighted by molar-refractivity contribution is 5.93. The van der Waals surface area contributed by atoms with E-state index in [9.17, 15) is 34.5 Å². The van der Waals surface area contributed by atoms with E-state index >= 15 is 0 Å². The van der Waals surface area contributed by atoms with Gasteiger partial charge in [0.15, 0.2) is 0 Å². The summed E-state index contributed by atoms with van der Waals surface area (Å²) in [6.07, 6.45) is -1.01. The molecule has 2 aromatic rings. The van der Waals surface area contributed by atoms with Gasteiger partial charge in [0.25, 0.3) is 0 Å². The van der Waals surface area contributed by atoms with Crippen molar-refractivity contribution in [2.75, 3.05) is 0 Å². The second kappa shape index (κ2) is 10.4. The number of aryl methyl sites for hydroxylation is 1. The molecular formula is C26H31N3O8. The van der Waals surface area contributed by atoms with Crippen LogP contribution >= 0.6 is 0 Å². The van der Waals surface area contributed by atoms with Crippen LogP contribution < -0.4 is 16.0 Å². The molecule has 1 aliphatic rings. The number of benzene rings is 2. The van der Waals surface area contributed by atoms with Gasteiger partial charge in [-0.3, -0.25) is 9.59 Å². The summed E-state index contributed by atoms with van der Waals surface area (Å²) in [6, 6.07) is 3.43. The smallest absolute Gasteiger partial charge is 0.408 e. The van der Waals surface area contributed by atoms with Crippen LogP contribution in [0, 0.1) is 6.92 Å². The molecule has 0 fully saturated rings. The van der Waals surface area contributed by atoms with Gasteiger partial charge in [0.1, 0.15) is 35.2 Å². The molecule has 0 radical (unpaired) electrons. The van der Waals surface area contributed by atoms with Crippen LogP contribution in [0.4, 0.5) is 4.79 Å². The molecule has 3 atom stereocenters. The third-order valence-electron chi connectivity index (χ3n) is 5.73. The standard InChI is InChI=1S/C26H31N3O8/c1-12-8-14-9-17(21(12)31)16-11-15(6-7-19(16)30)20(29-25(36)37-26(3,4)5)23(33)27-13(2)22(32)28-18(10-14)24(34)35/h6-9,11,13,18,20,30-31H,10H2,1-5H3,(H,27,33)(H,28,32)(H,29,36)(H,34,35)/t13-,18-,20-/m0/s1. The molecule has 4 bridgehead atoms. The van der Waals surface area contributed by atoms with E-state index in [1.807, 2.05) is 0 Å². The molecule has 3 rings (SSSR count). The summed E-state index contributed by atoms with van der Waals surface area (Å²) in [4.78, 5) is 50.5. The molecule has 11 heteroatoms. The van der Waals surface area contributed by atoms with Crippen LogP contribution in [0.5, 0.6) is 11.5 Å². The van der Waals surface area contributed by atoms with E-state index in [2.05, 4.69) is 16.0 Å². The first-order valence-corrected chi connectivity index (χ1v) is 11.6. The van der Waals surface area contributed by atoms with Gasteiger partial charge in [0.05, 0.1) is 0 Å². The minimum Gasteiger partial charge on any atom is -0.507 e. The lowest BCUT2D eigenvalue weighted by Crippen LogP contribution is -2.53. The van der Waals surface area contributed by atoms with E-state index in [4.69, 9.17) is 4.74 Å². The van der Waals surface area contributed by atoms with Crippen LogP contribution in [0.1, 0.15) is 50.4 Å². The predicted molar refractivity (Wildman–Crippen MR) is 133 cm³/mol. The topological polar surface area (TPSA) is 174 Å². The number of carboxylic acids is 1. The molecule has 0 unspecified atom stereocenters. The van der Waals surface area contributed by atoms with Crippen LogP contribution in [0.3, 0.4) is 0 Å². The number of nitrogens with one attached hydrogen (secondary N) is 3. The van der Waals surface area contributed by atoms with Crippen molar-refractivity contribution in [3.8, 4) is 22.6 Å². The SMILES string of the molecule is Cc1cc2cc(c1O)-c1cc(ccc1O)[C@H](NC(=O)OC(C)(C)C)C(=O)N[C@@H](C)C(=O)N[C@H](C(=O)O)C2. The molecule has 11 nitrogen and oxygen atoms in total. The molecule has 1 aliphatic heterocycles. The monoisotopic (exact) mass is 513 g/mol. The molecule has 0 saturated heterocycles. The number of carbonyl (C=O) groups excluding carboxylic acids is 3. The van der Waals surface area contributed by atoms with E-state index in [1.165, 1.54) is 31.2 Å². The van der Waals surface area contributed by atoms with Crippen molar-refractivity contribution >= 4 is 23.9 Å². The van der Waals surface area contributed by atoms with E-state index < -0.39 is 47.6 Å². The van der Waals surface area contributed by atoms with E-state index in [-0.39, 0.29) is 34.6 Å². The molecule has 0 saturated carbocycles. The Hall–Kier alpha value is -4.28. The van der Waals surface area contributed by atoms with Crippen LogP contribution in [-0.2, 0) is 25.5 Å². The normalized spacial score (nSPS) is 20.2. The Bertz CT molecular complexity index is 1250. The number of hydrogen-bond donors (Lipinski definition) is 6. The Morgan fingerprint density at radius 2 is 1.70 bits per heavy atom. The fourth-order valence-electron chi connectivity index (χ4n) is 3.95. The van der Waals surface area contributed by atoms with Crippen molar-refractivity contribution in [3.05, 3.63) is 47.0 Å². The second-order valence-corrected chi connectivity index (χ2v) is 10.00. The van der Waals surface area contributed by atoms with Gasteiger partial charge in [-0.05, 0) is 69.5 Å². The van der Waals surface area contributed by atoms with Gasteiger partial charge in [-0.15, -0.1) is 0 Å². The van der Waals surface area contributed by atoms with Crippen molar-refractivity contribution in [2.24, 2.45) is 0 Å². The maximum atomic E-state index is 13.3. The number of ether oxygens (including phenoxy) is 1. The number of hydrogen-bond acceptors (Lipinski definition) is 7. The number of alkyl carbamates (subject to hydrolysis) is 1. The van der Waals surface area contributed by atoms with Crippen LogP contribution in [0.25, 0.3) is 11.1 Å². The number of rotatable bonds is 2. The summed E-state index contributed by atoms with van der Waals surface area (Å²) in [6.45, 7) is 7.96. The summed E-state index contributed by atoms with van der Waals surface area (Å²) in [5.74, 6) is -3.18. The second-order valence-electron chi connectivity index (χ2n) is 10.00. The predicted octanol–water partition coefficient (Wildman–Crippen LogP) is 2.27. The van der Waals surface area contributed by atoms with Gasteiger partial charge < -0.3 is 36.0 Å². The maximum Gasteiger partial charge on any atom is 0.408 e. The fraction of sp³-hybridized carbons (Fsp3) is 0.385. The van der Waals surface area contributed by atoms with Crippen molar-refractivity contribution in [2.45, 2.75) is 64.8 Å². The number of aromatic hydroxyl groups is 2. The van der Waals surface area contributed by atoms with Gasteiger partial charge in [-0.1, -0.05) is 12.1 Å². The van der Waals surface area contributed by atoms with E-state index in [0.29, 0.717) is 11.1 Å². The molecule has 2 aromatic carbocycles. The summed E-state index contributed by atoms with van der Waals surface area (Å²) in [5, 5.41) is 38.5. The van der Waals surface area contributed by atoms with Crippen molar-refractivity contribution in [3.63, 3.8) is 0 Å². The summed E-state index contributed by atoms with van der Waals surface area (Å²) < 4.78 is 5.29. The van der Waals surface area contributed by atoms with Crippen LogP contribution in [0.15, 0.2) is 30.3 Å². The quantitative estimate of drug-likeness (QED) is 0.355. The van der Waals surface area contributed by atoms with Gasteiger partial charge >= 0.3 is 12.1 Å². The highest BCUT2D eigenvalue weighted by atomic mass is 16.6. The average molecular weight is 514 g/mol. The Morgan fingerprint density at radius 3 is 2.32 bits per heavy atom. The Labute approximate surface area is 213 Å². The molecule has 198 valence electrons. The molecule has 0 aromatic heterocycles. The number of phenolic OH excluding ortho intramolecular Hbond substituents is 2. The first-order chi connectivity index (χ1) is 17.2. The number of amides is 3. The maximum absolute atomic E-state index is 13.3. The van der Waals surface area contributed by atoms with Crippen LogP contribution in [-0.4, -0.2) is 56.9 Å². The molecule has 6 N–H and O–H groups in total. The first kappa shape index (κ1) is 27.3. The Kier molecular flexibility index (Phi) is 7.66. The minimum absolute atomic E-state index is 0.112. The molecule has 0 spiro atoms. The lowest BCUT2D eigenvalue weighted by Gasteiger charge is -2.26. The lowest BCUT2D eigenvalue weighted by molar-refractivity contribution is -0.142. The minimum atomic E-state index is -1.35. The van der Waals surface area contributed by atoms with Crippen LogP contribution in [0.2, 0.25) is 0 Å². The summed E-state index contributed by atoms with van der Waals surface area (Å²) in [7, 11) is 0. The lowest BCUT2D eigenvalue weighted by atomic mass is 9.92. The number of carbonyl (C=O) groups is 4. The zero-order chi connectivity index (χ0) is 27.7. The zero-order valence-corrected chi connectivity index (χ0v) is 21.2. The highest BCUT2D eigenvalue weighted by Gasteiger charge is 2.31. The number of aliphatic carboxylic acids is 1. The van der Waals surface area contributed by atoms with Gasteiger partial charge in [0.2, 0.25) is 11.8 Å². The molecular weight excluding hydrogens is 482 g/mol. The van der Waals surface area contributed by atoms with E-state index in [1.54, 1.807) is 33.8 Å². The number of carboxylic acid groups (broad SMARTS) is 1. The molecule has 0 aliphatic carbocycles. The molecule has 3 amide bonds. The van der Waals surface area contributed by atoms with Crippen molar-refractivity contribution in [1.82, 2.24) is 16.0 Å². The number of fused-ring (bicyclic) bond motifs is 5. The summed E-state index contributed by atoms with van der Waals surface area (Å²) in [5.41, 5.74) is 0.628. The summed E-state index contributed by atoms with van der Waals surface area (Å²) >= 11 is 0. The van der Waals surface area contributed by atoms with Gasteiger partial charge in [-0.2, -0.15) is 0 Å². The van der Waals surface area contributed by atoms with Crippen molar-refractivity contribution in [1.29, 1.82) is 0 Å². The fourth-order valence-corrected chi connectivity index (χ4v) is 3.95. The zero-order valence-electron chi connectivity index (χ0n) is 21.2.